The Morgan fingerprint density at radius 3 is 2.56 bits per heavy atom. The zero-order chi connectivity index (χ0) is 13.6. The number of nitrogens with two attached hydrogens (primary N) is 1. The average Bonchev–Trinajstić information content (AvgIpc) is 2.77. The number of carboxylic acids is 1. The van der Waals surface area contributed by atoms with Crippen LogP contribution >= 0.6 is 0 Å². The number of hydrogen-bond acceptors (Lipinski definition) is 3. The van der Waals surface area contributed by atoms with E-state index >= 15 is 0 Å². The topological polar surface area (TPSA) is 66.6 Å². The van der Waals surface area contributed by atoms with E-state index in [0.717, 1.165) is 25.3 Å². The molecule has 1 atom stereocenters. The lowest BCUT2D eigenvalue weighted by Gasteiger charge is -2.22. The second-order valence-corrected chi connectivity index (χ2v) is 6.09. The molecule has 0 aromatic heterocycles. The Kier molecular flexibility index (Phi) is 6.09. The van der Waals surface area contributed by atoms with E-state index in [9.17, 15) is 4.79 Å². The lowest BCUT2D eigenvalue weighted by atomic mass is 9.96. The largest absolute Gasteiger partial charge is 0.480 e. The van der Waals surface area contributed by atoms with Gasteiger partial charge in [-0.2, -0.15) is 0 Å². The molecule has 0 radical (unpaired) electrons. The van der Waals surface area contributed by atoms with Gasteiger partial charge < -0.3 is 15.7 Å². The zero-order valence-corrected chi connectivity index (χ0v) is 11.8. The van der Waals surface area contributed by atoms with Gasteiger partial charge >= 0.3 is 5.97 Å². The molecule has 1 saturated carbocycles. The van der Waals surface area contributed by atoms with E-state index in [2.05, 4.69) is 11.9 Å². The Morgan fingerprint density at radius 1 is 1.39 bits per heavy atom. The van der Waals surface area contributed by atoms with Crippen molar-refractivity contribution in [2.24, 2.45) is 11.7 Å². The van der Waals surface area contributed by atoms with E-state index in [0.29, 0.717) is 6.42 Å². The predicted molar refractivity (Wildman–Crippen MR) is 73.5 cm³/mol. The fraction of sp³-hybridized carbons (Fsp3) is 0.929. The van der Waals surface area contributed by atoms with Gasteiger partial charge in [-0.25, -0.2) is 0 Å². The molecule has 0 saturated heterocycles. The summed E-state index contributed by atoms with van der Waals surface area (Å²) >= 11 is 0. The third kappa shape index (κ3) is 5.36. The van der Waals surface area contributed by atoms with Crippen LogP contribution < -0.4 is 5.73 Å². The number of hydrogen-bond donors (Lipinski definition) is 2. The summed E-state index contributed by atoms with van der Waals surface area (Å²) < 4.78 is 0. The molecule has 1 fully saturated rings. The average molecular weight is 256 g/mol. The van der Waals surface area contributed by atoms with Crippen molar-refractivity contribution < 1.29 is 9.90 Å². The molecule has 18 heavy (non-hydrogen) atoms. The third-order valence-corrected chi connectivity index (χ3v) is 4.02. The second kappa shape index (κ2) is 7.10. The Bertz CT molecular complexity index is 261. The summed E-state index contributed by atoms with van der Waals surface area (Å²) in [6, 6.07) is 0. The van der Waals surface area contributed by atoms with Gasteiger partial charge in [0.15, 0.2) is 0 Å². The van der Waals surface area contributed by atoms with Crippen LogP contribution in [0.2, 0.25) is 0 Å². The molecule has 1 aliphatic carbocycles. The fourth-order valence-electron chi connectivity index (χ4n) is 2.71. The van der Waals surface area contributed by atoms with Crippen molar-refractivity contribution in [1.82, 2.24) is 4.90 Å². The van der Waals surface area contributed by atoms with Crippen LogP contribution in [0, 0.1) is 5.92 Å². The van der Waals surface area contributed by atoms with Crippen LogP contribution in [-0.4, -0.2) is 41.7 Å². The molecule has 1 rings (SSSR count). The van der Waals surface area contributed by atoms with Crippen molar-refractivity contribution in [3.63, 3.8) is 0 Å². The molecule has 106 valence electrons. The van der Waals surface area contributed by atoms with Crippen LogP contribution in [0.1, 0.15) is 51.9 Å². The van der Waals surface area contributed by atoms with Crippen molar-refractivity contribution >= 4 is 5.97 Å². The first kappa shape index (κ1) is 15.4. The summed E-state index contributed by atoms with van der Waals surface area (Å²) in [6.45, 7) is 3.84. The Hall–Kier alpha value is -0.610. The Balaban J connectivity index is 2.08. The lowest BCUT2D eigenvalue weighted by Crippen LogP contribution is -2.44. The zero-order valence-electron chi connectivity index (χ0n) is 11.8. The minimum absolute atomic E-state index is 0.555. The van der Waals surface area contributed by atoms with Crippen LogP contribution in [0.4, 0.5) is 0 Å². The van der Waals surface area contributed by atoms with Gasteiger partial charge in [0.2, 0.25) is 0 Å². The molecule has 0 spiro atoms. The highest BCUT2D eigenvalue weighted by atomic mass is 16.4. The standard InChI is InChI=1S/C14H28N2O2/c1-14(15,13(17)18)9-5-6-10-16(2)11-12-7-3-4-8-12/h12H,3-11,15H2,1-2H3,(H,17,18). The molecular weight excluding hydrogens is 228 g/mol. The van der Waals surface area contributed by atoms with Gasteiger partial charge in [-0.05, 0) is 58.5 Å². The minimum atomic E-state index is -1.07. The van der Waals surface area contributed by atoms with Crippen LogP contribution in [-0.2, 0) is 4.79 Å². The molecular formula is C14H28N2O2. The van der Waals surface area contributed by atoms with Gasteiger partial charge in [0.1, 0.15) is 5.54 Å². The predicted octanol–water partition coefficient (Wildman–Crippen LogP) is 2.08. The maximum atomic E-state index is 10.8. The van der Waals surface area contributed by atoms with E-state index < -0.39 is 11.5 Å². The smallest absolute Gasteiger partial charge is 0.323 e. The number of carbonyl (C=O) groups is 1. The monoisotopic (exact) mass is 256 g/mol. The number of aliphatic carboxylic acids is 1. The lowest BCUT2D eigenvalue weighted by molar-refractivity contribution is -0.142. The van der Waals surface area contributed by atoms with Crippen LogP contribution in [0.3, 0.4) is 0 Å². The third-order valence-electron chi connectivity index (χ3n) is 4.02. The van der Waals surface area contributed by atoms with Gasteiger partial charge in [0.25, 0.3) is 0 Å². The fourth-order valence-corrected chi connectivity index (χ4v) is 2.71. The summed E-state index contributed by atoms with van der Waals surface area (Å²) in [7, 11) is 2.16. The van der Waals surface area contributed by atoms with E-state index in [1.54, 1.807) is 6.92 Å². The highest BCUT2D eigenvalue weighted by Crippen LogP contribution is 2.25. The molecule has 4 heteroatoms. The van der Waals surface area contributed by atoms with Crippen molar-refractivity contribution in [3.8, 4) is 0 Å². The van der Waals surface area contributed by atoms with Gasteiger partial charge in [-0.15, -0.1) is 0 Å². The molecule has 1 unspecified atom stereocenters. The first-order valence-electron chi connectivity index (χ1n) is 7.12. The van der Waals surface area contributed by atoms with Crippen molar-refractivity contribution in [1.29, 1.82) is 0 Å². The molecule has 0 aromatic carbocycles. The maximum Gasteiger partial charge on any atom is 0.323 e. The summed E-state index contributed by atoms with van der Waals surface area (Å²) in [5, 5.41) is 8.90. The van der Waals surface area contributed by atoms with Crippen LogP contribution in [0.15, 0.2) is 0 Å². The SMILES string of the molecule is CN(CCCCC(C)(N)C(=O)O)CC1CCCC1. The highest BCUT2D eigenvalue weighted by Gasteiger charge is 2.26. The molecule has 1 aliphatic rings. The second-order valence-electron chi connectivity index (χ2n) is 6.09. The van der Waals surface area contributed by atoms with E-state index in [-0.39, 0.29) is 0 Å². The first-order chi connectivity index (χ1) is 8.42. The van der Waals surface area contributed by atoms with E-state index in [1.807, 2.05) is 0 Å². The molecule has 4 nitrogen and oxygen atoms in total. The van der Waals surface area contributed by atoms with Crippen LogP contribution in [0.5, 0.6) is 0 Å². The molecule has 0 aliphatic heterocycles. The molecule has 0 aromatic rings. The minimum Gasteiger partial charge on any atom is -0.480 e. The van der Waals surface area contributed by atoms with Gasteiger partial charge in [0, 0.05) is 6.54 Å². The quantitative estimate of drug-likeness (QED) is 0.653. The first-order valence-corrected chi connectivity index (χ1v) is 7.12. The molecule has 3 N–H and O–H groups in total. The van der Waals surface area contributed by atoms with Crippen molar-refractivity contribution in [2.45, 2.75) is 57.4 Å². The highest BCUT2D eigenvalue weighted by molar-refractivity contribution is 5.77. The van der Waals surface area contributed by atoms with E-state index in [4.69, 9.17) is 10.8 Å². The van der Waals surface area contributed by atoms with E-state index in [1.165, 1.54) is 32.2 Å². The number of unbranched alkanes of at least 4 members (excludes halogenated alkanes) is 1. The number of rotatable bonds is 8. The van der Waals surface area contributed by atoms with Gasteiger partial charge in [-0.1, -0.05) is 12.8 Å². The summed E-state index contributed by atoms with van der Waals surface area (Å²) in [4.78, 5) is 13.2. The summed E-state index contributed by atoms with van der Waals surface area (Å²) in [6.07, 6.45) is 8.01. The van der Waals surface area contributed by atoms with Crippen LogP contribution in [0.25, 0.3) is 0 Å². The van der Waals surface area contributed by atoms with Gasteiger partial charge in [-0.3, -0.25) is 4.79 Å². The molecule has 0 bridgehead atoms. The summed E-state index contributed by atoms with van der Waals surface area (Å²) in [5.74, 6) is -0.0180. The van der Waals surface area contributed by atoms with Gasteiger partial charge in [0.05, 0.1) is 0 Å². The summed E-state index contributed by atoms with van der Waals surface area (Å²) in [5.41, 5.74) is 4.63. The van der Waals surface area contributed by atoms with Crippen molar-refractivity contribution in [2.75, 3.05) is 20.1 Å². The molecule has 0 amide bonds. The Labute approximate surface area is 111 Å². The van der Waals surface area contributed by atoms with Crippen molar-refractivity contribution in [3.05, 3.63) is 0 Å². The Morgan fingerprint density at radius 2 is 2.00 bits per heavy atom. The number of nitrogens with zero attached hydrogens (tertiary/aromatic N) is 1. The molecule has 0 heterocycles. The maximum absolute atomic E-state index is 10.8. The normalized spacial score (nSPS) is 20.2. The number of carboxylic acid groups (broad SMARTS) is 1.